The van der Waals surface area contributed by atoms with Gasteiger partial charge in [0.2, 0.25) is 5.91 Å². The fourth-order valence-corrected chi connectivity index (χ4v) is 4.36. The number of methoxy groups -OCH3 is 1. The lowest BCUT2D eigenvalue weighted by molar-refractivity contribution is -0.130. The lowest BCUT2D eigenvalue weighted by Crippen LogP contribution is -2.30. The Kier molecular flexibility index (Phi) is 5.31. The van der Waals surface area contributed by atoms with Crippen molar-refractivity contribution in [3.05, 3.63) is 101 Å². The van der Waals surface area contributed by atoms with Crippen molar-refractivity contribution in [1.29, 1.82) is 0 Å². The average molecular weight is 437 g/mol. The molecule has 164 valence electrons. The molecule has 0 aliphatic heterocycles. The number of hydrogen-bond donors (Lipinski definition) is 0. The first-order valence-electron chi connectivity index (χ1n) is 10.9. The van der Waals surface area contributed by atoms with Crippen LogP contribution >= 0.6 is 0 Å². The van der Waals surface area contributed by atoms with E-state index in [1.165, 1.54) is 0 Å². The summed E-state index contributed by atoms with van der Waals surface area (Å²) < 4.78 is 7.24. The van der Waals surface area contributed by atoms with E-state index in [1.807, 2.05) is 90.5 Å². The van der Waals surface area contributed by atoms with Gasteiger partial charge in [0.05, 0.1) is 18.1 Å². The van der Waals surface area contributed by atoms with Gasteiger partial charge in [0, 0.05) is 24.4 Å². The van der Waals surface area contributed by atoms with Gasteiger partial charge in [-0.1, -0.05) is 42.5 Å². The maximum Gasteiger partial charge on any atom is 0.242 e. The van der Waals surface area contributed by atoms with Gasteiger partial charge in [-0.15, -0.1) is 0 Å². The number of carbonyl (C=O) groups excluding carboxylic acids is 1. The molecule has 0 spiro atoms. The molecule has 4 aromatic carbocycles. The van der Waals surface area contributed by atoms with Crippen molar-refractivity contribution < 1.29 is 9.53 Å². The molecule has 0 atom stereocenters. The van der Waals surface area contributed by atoms with Crippen molar-refractivity contribution in [3.63, 3.8) is 0 Å². The van der Waals surface area contributed by atoms with E-state index in [2.05, 4.69) is 6.07 Å². The van der Waals surface area contributed by atoms with Crippen LogP contribution in [0, 0.1) is 0 Å². The van der Waals surface area contributed by atoms with Crippen molar-refractivity contribution in [2.24, 2.45) is 0 Å². The van der Waals surface area contributed by atoms with Crippen LogP contribution in [0.15, 0.2) is 89.7 Å². The van der Waals surface area contributed by atoms with Gasteiger partial charge in [0.25, 0.3) is 0 Å². The van der Waals surface area contributed by atoms with E-state index in [9.17, 15) is 9.59 Å². The molecule has 5 aromatic rings. The highest BCUT2D eigenvalue weighted by Crippen LogP contribution is 2.23. The normalized spacial score (nSPS) is 11.2. The Morgan fingerprint density at radius 2 is 1.45 bits per heavy atom. The van der Waals surface area contributed by atoms with E-state index >= 15 is 0 Å². The highest BCUT2D eigenvalue weighted by Gasteiger charge is 2.15. The Bertz CT molecular complexity index is 1510. The van der Waals surface area contributed by atoms with Crippen LogP contribution in [0.3, 0.4) is 0 Å². The van der Waals surface area contributed by atoms with E-state index in [0.29, 0.717) is 17.3 Å². The zero-order valence-corrected chi connectivity index (χ0v) is 18.6. The van der Waals surface area contributed by atoms with Gasteiger partial charge in [-0.2, -0.15) is 0 Å². The molecule has 0 aliphatic carbocycles. The minimum absolute atomic E-state index is 0.00829. The van der Waals surface area contributed by atoms with Crippen LogP contribution in [0.25, 0.3) is 32.6 Å². The molecule has 5 nitrogen and oxygen atoms in total. The summed E-state index contributed by atoms with van der Waals surface area (Å²) in [6, 6.07) is 27.1. The number of benzene rings is 4. The highest BCUT2D eigenvalue weighted by atomic mass is 16.5. The van der Waals surface area contributed by atoms with Gasteiger partial charge in [0.15, 0.2) is 5.43 Å². The second-order valence-corrected chi connectivity index (χ2v) is 8.25. The lowest BCUT2D eigenvalue weighted by atomic mass is 10.1. The van der Waals surface area contributed by atoms with Crippen LogP contribution in [0.5, 0.6) is 5.75 Å². The zero-order chi connectivity index (χ0) is 22.9. The Labute approximate surface area is 191 Å². The topological polar surface area (TPSA) is 51.5 Å². The van der Waals surface area contributed by atoms with Crippen molar-refractivity contribution in [3.8, 4) is 5.75 Å². The molecule has 1 amide bonds. The van der Waals surface area contributed by atoms with E-state index in [-0.39, 0.29) is 17.9 Å². The number of para-hydroxylation sites is 2. The summed E-state index contributed by atoms with van der Waals surface area (Å²) in [6.45, 7) is 0.652. The lowest BCUT2D eigenvalue weighted by Gasteiger charge is -2.21. The molecule has 0 unspecified atom stereocenters. The second-order valence-electron chi connectivity index (χ2n) is 8.25. The van der Waals surface area contributed by atoms with Crippen LogP contribution < -0.4 is 10.2 Å². The summed E-state index contributed by atoms with van der Waals surface area (Å²) in [7, 11) is 3.47. The number of hydrogen-bond acceptors (Lipinski definition) is 3. The largest absolute Gasteiger partial charge is 0.497 e. The number of rotatable bonds is 5. The van der Waals surface area contributed by atoms with Gasteiger partial charge in [-0.25, -0.2) is 0 Å². The highest BCUT2D eigenvalue weighted by molar-refractivity contribution is 5.95. The van der Waals surface area contributed by atoms with Crippen LogP contribution in [-0.2, 0) is 17.9 Å². The first-order valence-corrected chi connectivity index (χ1v) is 10.9. The fraction of sp³-hybridized carbons (Fsp3) is 0.143. The van der Waals surface area contributed by atoms with Crippen molar-refractivity contribution >= 4 is 38.5 Å². The maximum atomic E-state index is 13.2. The molecule has 5 rings (SSSR count). The van der Waals surface area contributed by atoms with Crippen molar-refractivity contribution in [2.45, 2.75) is 13.1 Å². The van der Waals surface area contributed by atoms with E-state index in [0.717, 1.165) is 33.1 Å². The predicted octanol–water partition coefficient (Wildman–Crippen LogP) is 4.98. The van der Waals surface area contributed by atoms with Gasteiger partial charge < -0.3 is 14.2 Å². The first-order chi connectivity index (χ1) is 16.0. The Morgan fingerprint density at radius 3 is 2.12 bits per heavy atom. The Hall–Kier alpha value is -4.12. The van der Waals surface area contributed by atoms with Crippen LogP contribution in [-0.4, -0.2) is 29.5 Å². The van der Waals surface area contributed by atoms with Crippen molar-refractivity contribution in [2.75, 3.05) is 14.2 Å². The van der Waals surface area contributed by atoms with Crippen molar-refractivity contribution in [1.82, 2.24) is 9.47 Å². The number of amides is 1. The SMILES string of the molecule is COc1ccc2cc(CN(C)C(=O)Cn3c4ccccc4c(=O)c4ccccc43)ccc2c1. The first kappa shape index (κ1) is 20.8. The number of ether oxygens (including phenoxy) is 1. The van der Waals surface area contributed by atoms with Crippen LogP contribution in [0.2, 0.25) is 0 Å². The zero-order valence-electron chi connectivity index (χ0n) is 18.6. The number of carbonyl (C=O) groups is 1. The van der Waals surface area contributed by atoms with Gasteiger partial charge >= 0.3 is 0 Å². The number of nitrogens with zero attached hydrogens (tertiary/aromatic N) is 2. The predicted molar refractivity (Wildman–Crippen MR) is 133 cm³/mol. The van der Waals surface area contributed by atoms with E-state index in [1.54, 1.807) is 12.0 Å². The summed E-state index contributed by atoms with van der Waals surface area (Å²) in [5, 5.41) is 3.44. The van der Waals surface area contributed by atoms with Crippen LogP contribution in [0.4, 0.5) is 0 Å². The molecule has 0 fully saturated rings. The number of aromatic nitrogens is 1. The summed E-state index contributed by atoms with van der Waals surface area (Å²) in [6.07, 6.45) is 0. The summed E-state index contributed by atoms with van der Waals surface area (Å²) in [4.78, 5) is 27.9. The smallest absolute Gasteiger partial charge is 0.242 e. The number of fused-ring (bicyclic) bond motifs is 3. The summed E-state index contributed by atoms with van der Waals surface area (Å²) in [5.74, 6) is 0.798. The summed E-state index contributed by atoms with van der Waals surface area (Å²) >= 11 is 0. The number of pyridine rings is 1. The molecule has 0 radical (unpaired) electrons. The van der Waals surface area contributed by atoms with E-state index < -0.39 is 0 Å². The molecule has 5 heteroatoms. The minimum atomic E-state index is -0.0243. The quantitative estimate of drug-likeness (QED) is 0.365. The van der Waals surface area contributed by atoms with Gasteiger partial charge in [0.1, 0.15) is 12.3 Å². The fourth-order valence-electron chi connectivity index (χ4n) is 4.36. The summed E-state index contributed by atoms with van der Waals surface area (Å²) in [5.41, 5.74) is 2.58. The third kappa shape index (κ3) is 3.82. The molecule has 1 aromatic heterocycles. The average Bonchev–Trinajstić information content (AvgIpc) is 2.86. The second kappa shape index (κ2) is 8.43. The molecule has 33 heavy (non-hydrogen) atoms. The molecular weight excluding hydrogens is 412 g/mol. The maximum absolute atomic E-state index is 13.2. The Morgan fingerprint density at radius 1 is 0.848 bits per heavy atom. The van der Waals surface area contributed by atoms with Crippen LogP contribution in [0.1, 0.15) is 5.56 Å². The molecule has 0 aliphatic rings. The Balaban J connectivity index is 1.45. The molecule has 0 saturated heterocycles. The molecule has 0 bridgehead atoms. The van der Waals surface area contributed by atoms with E-state index in [4.69, 9.17) is 4.74 Å². The third-order valence-corrected chi connectivity index (χ3v) is 6.13. The molecule has 1 heterocycles. The van der Waals surface area contributed by atoms with Gasteiger partial charge in [-0.3, -0.25) is 9.59 Å². The molecule has 0 N–H and O–H groups in total. The third-order valence-electron chi connectivity index (χ3n) is 6.13. The van der Waals surface area contributed by atoms with Gasteiger partial charge in [-0.05, 0) is 58.8 Å². The molecular formula is C28H24N2O3. The number of likely N-dealkylation sites (N-methyl/N-ethyl adjacent to an activating group) is 1. The standard InChI is InChI=1S/C28H24N2O3/c1-29(17-19-11-12-21-16-22(33-2)14-13-20(21)15-19)27(31)18-30-25-9-5-3-7-23(25)28(32)24-8-4-6-10-26(24)30/h3-16H,17-18H2,1-2H3. The minimum Gasteiger partial charge on any atom is -0.497 e. The monoisotopic (exact) mass is 436 g/mol. The molecule has 0 saturated carbocycles.